The monoisotopic (exact) mass is 357 g/mol. The highest BCUT2D eigenvalue weighted by Gasteiger charge is 2.24. The molecular formula is C9H7Br2F2NO2. The first kappa shape index (κ1) is 13.5. The number of esters is 1. The van der Waals surface area contributed by atoms with Crippen molar-refractivity contribution in [3.63, 3.8) is 0 Å². The number of pyridine rings is 1. The van der Waals surface area contributed by atoms with Crippen molar-refractivity contribution >= 4 is 37.8 Å². The second kappa shape index (κ2) is 5.67. The molecular weight excluding hydrogens is 352 g/mol. The van der Waals surface area contributed by atoms with E-state index in [0.717, 1.165) is 0 Å². The number of alkyl halides is 2. The van der Waals surface area contributed by atoms with Crippen LogP contribution in [0.4, 0.5) is 8.78 Å². The number of hydrogen-bond acceptors (Lipinski definition) is 3. The van der Waals surface area contributed by atoms with Gasteiger partial charge < -0.3 is 4.74 Å². The smallest absolute Gasteiger partial charge is 0.341 e. The minimum Gasteiger partial charge on any atom is -0.462 e. The SMILES string of the molecule is CCOC(=O)c1c(Br)cc(Br)nc1C(F)F. The lowest BCUT2D eigenvalue weighted by Gasteiger charge is -2.09. The van der Waals surface area contributed by atoms with Gasteiger partial charge in [-0.15, -0.1) is 0 Å². The van der Waals surface area contributed by atoms with Crippen LogP contribution in [0.25, 0.3) is 0 Å². The minimum atomic E-state index is -2.84. The molecule has 0 aliphatic heterocycles. The first-order chi connectivity index (χ1) is 7.47. The summed E-state index contributed by atoms with van der Waals surface area (Å²) in [6, 6.07) is 1.41. The van der Waals surface area contributed by atoms with Gasteiger partial charge in [0.15, 0.2) is 0 Å². The van der Waals surface area contributed by atoms with Crippen LogP contribution < -0.4 is 0 Å². The molecule has 0 N–H and O–H groups in total. The number of ether oxygens (including phenoxy) is 1. The number of rotatable bonds is 3. The second-order valence-corrected chi connectivity index (χ2v) is 4.38. The zero-order chi connectivity index (χ0) is 12.3. The third kappa shape index (κ3) is 2.98. The van der Waals surface area contributed by atoms with Gasteiger partial charge in [-0.2, -0.15) is 0 Å². The molecule has 16 heavy (non-hydrogen) atoms. The van der Waals surface area contributed by atoms with Crippen LogP contribution in [0.2, 0.25) is 0 Å². The van der Waals surface area contributed by atoms with Crippen molar-refractivity contribution in [3.05, 3.63) is 26.4 Å². The van der Waals surface area contributed by atoms with Crippen LogP contribution in [-0.2, 0) is 4.74 Å². The average Bonchev–Trinajstić information content (AvgIpc) is 2.16. The maximum absolute atomic E-state index is 12.7. The molecule has 0 unspecified atom stereocenters. The Kier molecular flexibility index (Phi) is 4.79. The van der Waals surface area contributed by atoms with Gasteiger partial charge in [-0.1, -0.05) is 0 Å². The van der Waals surface area contributed by atoms with Crippen molar-refractivity contribution in [2.75, 3.05) is 6.61 Å². The average molecular weight is 359 g/mol. The lowest BCUT2D eigenvalue weighted by Crippen LogP contribution is -2.11. The summed E-state index contributed by atoms with van der Waals surface area (Å²) >= 11 is 6.01. The number of carbonyl (C=O) groups is 1. The van der Waals surface area contributed by atoms with Crippen LogP contribution in [0.5, 0.6) is 0 Å². The topological polar surface area (TPSA) is 39.2 Å². The maximum Gasteiger partial charge on any atom is 0.341 e. The van der Waals surface area contributed by atoms with Crippen LogP contribution >= 0.6 is 31.9 Å². The summed E-state index contributed by atoms with van der Waals surface area (Å²) in [4.78, 5) is 15.0. The molecule has 0 saturated heterocycles. The van der Waals surface area contributed by atoms with Gasteiger partial charge >= 0.3 is 5.97 Å². The van der Waals surface area contributed by atoms with Crippen molar-refractivity contribution in [1.29, 1.82) is 0 Å². The van der Waals surface area contributed by atoms with Gasteiger partial charge in [-0.25, -0.2) is 18.6 Å². The minimum absolute atomic E-state index is 0.115. The van der Waals surface area contributed by atoms with Gasteiger partial charge in [0.1, 0.15) is 15.9 Å². The van der Waals surface area contributed by atoms with Gasteiger partial charge in [-0.3, -0.25) is 0 Å². The van der Waals surface area contributed by atoms with Crippen LogP contribution in [0.3, 0.4) is 0 Å². The summed E-state index contributed by atoms with van der Waals surface area (Å²) in [6.07, 6.45) is -2.84. The highest BCUT2D eigenvalue weighted by molar-refractivity contribution is 9.11. The summed E-state index contributed by atoms with van der Waals surface area (Å²) in [5.41, 5.74) is -0.834. The summed E-state index contributed by atoms with van der Waals surface area (Å²) < 4.78 is 30.5. The van der Waals surface area contributed by atoms with Gasteiger partial charge in [0.25, 0.3) is 6.43 Å². The molecule has 1 aromatic heterocycles. The van der Waals surface area contributed by atoms with E-state index in [9.17, 15) is 13.6 Å². The van der Waals surface area contributed by atoms with Crippen molar-refractivity contribution in [1.82, 2.24) is 4.98 Å². The van der Waals surface area contributed by atoms with Crippen LogP contribution in [0.1, 0.15) is 29.4 Å². The largest absolute Gasteiger partial charge is 0.462 e. The number of hydrogen-bond donors (Lipinski definition) is 0. The normalized spacial score (nSPS) is 10.6. The molecule has 1 aromatic rings. The third-order valence-electron chi connectivity index (χ3n) is 1.65. The predicted octanol–water partition coefficient (Wildman–Crippen LogP) is 3.72. The van der Waals surface area contributed by atoms with Crippen LogP contribution in [0, 0.1) is 0 Å². The van der Waals surface area contributed by atoms with E-state index in [4.69, 9.17) is 0 Å². The van der Waals surface area contributed by atoms with E-state index in [0.29, 0.717) is 0 Å². The summed E-state index contributed by atoms with van der Waals surface area (Å²) in [7, 11) is 0. The van der Waals surface area contributed by atoms with Crippen molar-refractivity contribution in [2.45, 2.75) is 13.3 Å². The lowest BCUT2D eigenvalue weighted by atomic mass is 10.2. The van der Waals surface area contributed by atoms with Gasteiger partial charge in [-0.05, 0) is 44.8 Å². The zero-order valence-corrected chi connectivity index (χ0v) is 11.3. The molecule has 0 bridgehead atoms. The Hall–Kier alpha value is -0.560. The summed E-state index contributed by atoms with van der Waals surface area (Å²) in [5, 5.41) is 0. The first-order valence-corrected chi connectivity index (χ1v) is 5.87. The first-order valence-electron chi connectivity index (χ1n) is 4.28. The van der Waals surface area contributed by atoms with Gasteiger partial charge in [0, 0.05) is 4.47 Å². The lowest BCUT2D eigenvalue weighted by molar-refractivity contribution is 0.0512. The van der Waals surface area contributed by atoms with E-state index in [1.54, 1.807) is 6.92 Å². The van der Waals surface area contributed by atoms with Crippen molar-refractivity contribution in [2.24, 2.45) is 0 Å². The zero-order valence-electron chi connectivity index (χ0n) is 8.14. The molecule has 1 rings (SSSR count). The van der Waals surface area contributed by atoms with E-state index >= 15 is 0 Å². The fourth-order valence-electron chi connectivity index (χ4n) is 1.07. The quantitative estimate of drug-likeness (QED) is 0.610. The van der Waals surface area contributed by atoms with E-state index in [-0.39, 0.29) is 21.2 Å². The van der Waals surface area contributed by atoms with E-state index < -0.39 is 18.1 Å². The number of halogens is 4. The number of aromatic nitrogens is 1. The van der Waals surface area contributed by atoms with E-state index in [1.807, 2.05) is 0 Å². The third-order valence-corrected chi connectivity index (χ3v) is 2.69. The molecule has 0 amide bonds. The highest BCUT2D eigenvalue weighted by atomic mass is 79.9. The molecule has 0 aromatic carbocycles. The van der Waals surface area contributed by atoms with Crippen molar-refractivity contribution < 1.29 is 18.3 Å². The van der Waals surface area contributed by atoms with Crippen LogP contribution in [0.15, 0.2) is 15.1 Å². The fourth-order valence-corrected chi connectivity index (χ4v) is 2.37. The summed E-state index contributed by atoms with van der Waals surface area (Å²) in [6.45, 7) is 1.71. The Morgan fingerprint density at radius 1 is 1.56 bits per heavy atom. The maximum atomic E-state index is 12.7. The molecule has 7 heteroatoms. The summed E-state index contributed by atoms with van der Waals surface area (Å²) in [5.74, 6) is -0.815. The molecule has 0 aliphatic carbocycles. The highest BCUT2D eigenvalue weighted by Crippen LogP contribution is 2.30. The molecule has 88 valence electrons. The van der Waals surface area contributed by atoms with Gasteiger partial charge in [0.2, 0.25) is 0 Å². The molecule has 0 fully saturated rings. The van der Waals surface area contributed by atoms with Crippen LogP contribution in [-0.4, -0.2) is 17.6 Å². The Bertz CT molecular complexity index is 413. The molecule has 1 heterocycles. The molecule has 3 nitrogen and oxygen atoms in total. The Labute approximate surface area is 107 Å². The molecule has 0 saturated carbocycles. The molecule has 0 atom stereocenters. The Morgan fingerprint density at radius 3 is 2.69 bits per heavy atom. The fraction of sp³-hybridized carbons (Fsp3) is 0.333. The number of nitrogens with zero attached hydrogens (tertiary/aromatic N) is 1. The predicted molar refractivity (Wildman–Crippen MR) is 60.6 cm³/mol. The van der Waals surface area contributed by atoms with Crippen molar-refractivity contribution in [3.8, 4) is 0 Å². The van der Waals surface area contributed by atoms with Gasteiger partial charge in [0.05, 0.1) is 6.61 Å². The van der Waals surface area contributed by atoms with E-state index in [1.165, 1.54) is 6.07 Å². The number of carbonyl (C=O) groups excluding carboxylic acids is 1. The molecule has 0 radical (unpaired) electrons. The Balaban J connectivity index is 3.29. The van der Waals surface area contributed by atoms with E-state index in [2.05, 4.69) is 41.6 Å². The standard InChI is InChI=1S/C9H7Br2F2NO2/c1-2-16-9(15)6-4(10)3-5(11)14-7(6)8(12)13/h3,8H,2H2,1H3. The molecule has 0 aliphatic rings. The second-order valence-electron chi connectivity index (χ2n) is 2.71. The Morgan fingerprint density at radius 2 is 2.19 bits per heavy atom. The molecule has 0 spiro atoms.